The predicted octanol–water partition coefficient (Wildman–Crippen LogP) is 0.854. The number of benzene rings is 1. The van der Waals surface area contributed by atoms with Crippen LogP contribution in [0.2, 0.25) is 0 Å². The monoisotopic (exact) mass is 243 g/mol. The Morgan fingerprint density at radius 1 is 1.50 bits per heavy atom. The Labute approximate surface area is 102 Å². The summed E-state index contributed by atoms with van der Waals surface area (Å²) >= 11 is 0. The van der Waals surface area contributed by atoms with Crippen LogP contribution in [0.3, 0.4) is 0 Å². The highest BCUT2D eigenvalue weighted by Crippen LogP contribution is 2.17. The van der Waals surface area contributed by atoms with Gasteiger partial charge in [-0.25, -0.2) is 9.69 Å². The summed E-state index contributed by atoms with van der Waals surface area (Å²) in [4.78, 5) is 0. The van der Waals surface area contributed by atoms with E-state index in [1.54, 1.807) is 18.2 Å². The van der Waals surface area contributed by atoms with Crippen molar-refractivity contribution in [2.45, 2.75) is 0 Å². The van der Waals surface area contributed by atoms with Crippen molar-refractivity contribution in [2.24, 2.45) is 0 Å². The molecule has 0 aliphatic carbocycles. The van der Waals surface area contributed by atoms with Crippen molar-refractivity contribution < 1.29 is 9.84 Å². The van der Waals surface area contributed by atoms with Gasteiger partial charge in [0.2, 0.25) is 0 Å². The third-order valence-electron chi connectivity index (χ3n) is 2.21. The molecule has 0 aliphatic heterocycles. The van der Waals surface area contributed by atoms with Crippen LogP contribution in [0.15, 0.2) is 28.9 Å². The molecule has 0 fully saturated rings. The second-order valence-electron chi connectivity index (χ2n) is 3.35. The summed E-state index contributed by atoms with van der Waals surface area (Å²) in [6.45, 7) is 0. The van der Waals surface area contributed by atoms with E-state index < -0.39 is 0 Å². The molecule has 0 saturated carbocycles. The van der Waals surface area contributed by atoms with Crippen LogP contribution in [0, 0.1) is 17.8 Å². The molecule has 1 aromatic heterocycles. The third-order valence-corrected chi connectivity index (χ3v) is 2.21. The number of hydroxylamine groups is 1. The van der Waals surface area contributed by atoms with Crippen LogP contribution in [0.4, 0.5) is 11.5 Å². The average Bonchev–Trinajstić information content (AvgIpc) is 2.83. The average molecular weight is 243 g/mol. The summed E-state index contributed by atoms with van der Waals surface area (Å²) < 4.78 is 4.36. The van der Waals surface area contributed by atoms with Gasteiger partial charge in [-0.1, -0.05) is 12.0 Å². The van der Waals surface area contributed by atoms with Crippen LogP contribution >= 0.6 is 0 Å². The van der Waals surface area contributed by atoms with Crippen molar-refractivity contribution in [3.05, 3.63) is 35.5 Å². The molecular weight excluding hydrogens is 234 g/mol. The molecule has 4 N–H and O–H groups in total. The van der Waals surface area contributed by atoms with Gasteiger partial charge < -0.3 is 5.73 Å². The van der Waals surface area contributed by atoms with Crippen molar-refractivity contribution in [1.82, 2.24) is 10.3 Å². The first-order chi connectivity index (χ1) is 8.63. The van der Waals surface area contributed by atoms with Crippen LogP contribution in [-0.4, -0.2) is 21.4 Å². The number of nitrogens with zero attached hydrogens (tertiary/aromatic N) is 3. The van der Waals surface area contributed by atoms with E-state index in [0.29, 0.717) is 16.3 Å². The van der Waals surface area contributed by atoms with Crippen molar-refractivity contribution in [1.29, 1.82) is 5.41 Å². The van der Waals surface area contributed by atoms with Crippen molar-refractivity contribution in [2.75, 3.05) is 10.8 Å². The number of hydrogen-bond acceptors (Lipinski definition) is 6. The molecule has 7 heteroatoms. The lowest BCUT2D eigenvalue weighted by Gasteiger charge is -2.16. The number of hydrogen-bond donors (Lipinski definition) is 3. The van der Waals surface area contributed by atoms with E-state index in [4.69, 9.17) is 17.6 Å². The maximum Gasteiger partial charge on any atom is 0.199 e. The second kappa shape index (κ2) is 4.57. The number of aromatic nitrogens is 2. The molecule has 0 bridgehead atoms. The van der Waals surface area contributed by atoms with E-state index in [9.17, 15) is 5.21 Å². The smallest absolute Gasteiger partial charge is 0.199 e. The van der Waals surface area contributed by atoms with Crippen LogP contribution in [0.1, 0.15) is 11.3 Å². The fourth-order valence-electron chi connectivity index (χ4n) is 1.32. The van der Waals surface area contributed by atoms with E-state index in [1.165, 1.54) is 6.07 Å². The minimum Gasteiger partial charge on any atom is -0.379 e. The summed E-state index contributed by atoms with van der Waals surface area (Å²) in [5, 5.41) is 25.0. The third kappa shape index (κ3) is 2.00. The van der Waals surface area contributed by atoms with Gasteiger partial charge in [0, 0.05) is 5.56 Å². The van der Waals surface area contributed by atoms with E-state index >= 15 is 0 Å². The molecule has 1 aromatic carbocycles. The topological polar surface area (TPSA) is 112 Å². The first kappa shape index (κ1) is 11.6. The molecule has 0 unspecified atom stereocenters. The predicted molar refractivity (Wildman–Crippen MR) is 64.2 cm³/mol. The van der Waals surface area contributed by atoms with Crippen LogP contribution in [0.5, 0.6) is 0 Å². The molecule has 0 amide bonds. The first-order valence-electron chi connectivity index (χ1n) is 4.86. The van der Waals surface area contributed by atoms with Gasteiger partial charge in [0.15, 0.2) is 17.3 Å². The summed E-state index contributed by atoms with van der Waals surface area (Å²) in [6, 6.07) is 6.48. The van der Waals surface area contributed by atoms with Crippen LogP contribution in [-0.2, 0) is 0 Å². The Balaban J connectivity index is 2.32. The van der Waals surface area contributed by atoms with E-state index in [-0.39, 0.29) is 17.3 Å². The molecule has 0 aliphatic rings. The molecule has 7 nitrogen and oxygen atoms in total. The summed E-state index contributed by atoms with van der Waals surface area (Å²) in [7, 11) is 0. The van der Waals surface area contributed by atoms with Crippen molar-refractivity contribution in [3.63, 3.8) is 0 Å². The van der Waals surface area contributed by atoms with Gasteiger partial charge in [0.1, 0.15) is 0 Å². The Bertz CT molecular complexity index is 628. The molecule has 18 heavy (non-hydrogen) atoms. The number of rotatable bonds is 2. The highest BCUT2D eigenvalue weighted by atomic mass is 16.6. The number of nitrogens with two attached hydrogens (primary N) is 1. The zero-order valence-corrected chi connectivity index (χ0v) is 9.16. The number of amidine groups is 1. The molecular formula is C11H9N5O2. The van der Waals surface area contributed by atoms with Crippen molar-refractivity contribution >= 4 is 17.3 Å². The Morgan fingerprint density at radius 2 is 2.28 bits per heavy atom. The number of nitrogen functional groups attached to an aromatic ring is 1. The fourth-order valence-corrected chi connectivity index (χ4v) is 1.32. The minimum absolute atomic E-state index is 0.0522. The molecule has 2 aromatic rings. The zero-order valence-electron chi connectivity index (χ0n) is 9.16. The van der Waals surface area contributed by atoms with Gasteiger partial charge >= 0.3 is 0 Å². The Hall–Kier alpha value is -2.85. The van der Waals surface area contributed by atoms with E-state index in [2.05, 4.69) is 20.9 Å². The van der Waals surface area contributed by atoms with Gasteiger partial charge in [-0.2, -0.15) is 0 Å². The molecule has 0 saturated heterocycles. The van der Waals surface area contributed by atoms with Crippen LogP contribution < -0.4 is 10.8 Å². The van der Waals surface area contributed by atoms with Gasteiger partial charge in [-0.3, -0.25) is 10.6 Å². The minimum atomic E-state index is -0.358. The standard InChI is InChI=1S/C11H9N5O2/c1-2-7-4-3-5-8(6-7)16(17)11(13)9-10(12)15-18-14-9/h1,3-6,13,17H,(H2,12,15). The molecule has 0 radical (unpaired) electrons. The maximum atomic E-state index is 9.88. The quantitative estimate of drug-likeness (QED) is 0.312. The Kier molecular flexibility index (Phi) is 2.95. The van der Waals surface area contributed by atoms with Crippen LogP contribution in [0.25, 0.3) is 0 Å². The molecule has 90 valence electrons. The summed E-state index contributed by atoms with van der Waals surface area (Å²) in [5.74, 6) is 1.99. The highest BCUT2D eigenvalue weighted by molar-refractivity contribution is 6.07. The lowest BCUT2D eigenvalue weighted by atomic mass is 10.2. The first-order valence-corrected chi connectivity index (χ1v) is 4.86. The number of terminal acetylenes is 1. The lowest BCUT2D eigenvalue weighted by molar-refractivity contribution is 0.300. The molecule has 2 rings (SSSR count). The normalized spacial score (nSPS) is 9.78. The van der Waals surface area contributed by atoms with E-state index in [1.807, 2.05) is 0 Å². The summed E-state index contributed by atoms with van der Waals surface area (Å²) in [5.41, 5.74) is 6.27. The second-order valence-corrected chi connectivity index (χ2v) is 3.35. The molecule has 0 spiro atoms. The van der Waals surface area contributed by atoms with E-state index in [0.717, 1.165) is 0 Å². The highest BCUT2D eigenvalue weighted by Gasteiger charge is 2.19. The lowest BCUT2D eigenvalue weighted by Crippen LogP contribution is -2.28. The number of nitrogens with one attached hydrogen (secondary N) is 1. The zero-order chi connectivity index (χ0) is 13.1. The van der Waals surface area contributed by atoms with Gasteiger partial charge in [0.25, 0.3) is 0 Å². The summed E-state index contributed by atoms with van der Waals surface area (Å²) in [6.07, 6.45) is 5.25. The van der Waals surface area contributed by atoms with Gasteiger partial charge in [-0.15, -0.1) is 6.42 Å². The number of anilines is 2. The fraction of sp³-hybridized carbons (Fsp3) is 0. The SMILES string of the molecule is C#Cc1cccc(N(O)C(=N)c2nonc2N)c1. The van der Waals surface area contributed by atoms with Crippen molar-refractivity contribution in [3.8, 4) is 12.3 Å². The Morgan fingerprint density at radius 3 is 2.89 bits per heavy atom. The van der Waals surface area contributed by atoms with Gasteiger partial charge in [0.05, 0.1) is 5.69 Å². The van der Waals surface area contributed by atoms with Gasteiger partial charge in [-0.05, 0) is 28.5 Å². The molecule has 0 atom stereocenters. The molecule has 1 heterocycles. The maximum absolute atomic E-state index is 9.88. The largest absolute Gasteiger partial charge is 0.379 e.